The molecule has 0 aliphatic heterocycles. The minimum Gasteiger partial charge on any atom is -0.314 e. The van der Waals surface area contributed by atoms with E-state index >= 15 is 0 Å². The van der Waals surface area contributed by atoms with E-state index in [2.05, 4.69) is 60.8 Å². The van der Waals surface area contributed by atoms with Gasteiger partial charge in [0.2, 0.25) is 0 Å². The van der Waals surface area contributed by atoms with Crippen molar-refractivity contribution in [2.24, 2.45) is 0 Å². The number of rotatable bonds is 6. The lowest BCUT2D eigenvalue weighted by molar-refractivity contribution is 0.535. The van der Waals surface area contributed by atoms with Gasteiger partial charge in [0.05, 0.1) is 12.7 Å². The second-order valence-electron chi connectivity index (χ2n) is 4.80. The van der Waals surface area contributed by atoms with Gasteiger partial charge in [0, 0.05) is 19.3 Å². The van der Waals surface area contributed by atoms with E-state index in [-0.39, 0.29) is 0 Å². The molecule has 2 aromatic rings. The molecule has 3 nitrogen and oxygen atoms in total. The van der Waals surface area contributed by atoms with E-state index in [1.54, 1.807) is 0 Å². The number of aryl methyl sites for hydroxylation is 1. The van der Waals surface area contributed by atoms with E-state index in [4.69, 9.17) is 0 Å². The molecule has 0 fully saturated rings. The van der Waals surface area contributed by atoms with Crippen molar-refractivity contribution in [1.82, 2.24) is 15.1 Å². The maximum atomic E-state index is 4.27. The van der Waals surface area contributed by atoms with Crippen LogP contribution in [0.5, 0.6) is 0 Å². The summed E-state index contributed by atoms with van der Waals surface area (Å²) in [6.07, 6.45) is 3.97. The summed E-state index contributed by atoms with van der Waals surface area (Å²) >= 11 is 0. The Hall–Kier alpha value is -1.61. The maximum Gasteiger partial charge on any atom is 0.0534 e. The van der Waals surface area contributed by atoms with Crippen LogP contribution in [0.3, 0.4) is 0 Å². The van der Waals surface area contributed by atoms with Crippen molar-refractivity contribution in [3.63, 3.8) is 0 Å². The summed E-state index contributed by atoms with van der Waals surface area (Å²) in [5.74, 6) is 0.547. The minimum atomic E-state index is 0.547. The smallest absolute Gasteiger partial charge is 0.0534 e. The summed E-state index contributed by atoms with van der Waals surface area (Å²) in [5.41, 5.74) is 2.60. The monoisotopic (exact) mass is 243 g/mol. The number of nitrogens with zero attached hydrogens (tertiary/aromatic N) is 2. The minimum absolute atomic E-state index is 0.547. The molecule has 96 valence electrons. The van der Waals surface area contributed by atoms with Gasteiger partial charge in [-0.15, -0.1) is 0 Å². The molecule has 0 saturated carbocycles. The van der Waals surface area contributed by atoms with Crippen molar-refractivity contribution >= 4 is 0 Å². The van der Waals surface area contributed by atoms with Crippen molar-refractivity contribution in [1.29, 1.82) is 0 Å². The molecule has 3 heteroatoms. The standard InChI is InChI=1S/C15H21N3/c1-13-10-17-18(12-13)9-8-16-11-14(2)15-6-4-3-5-7-15/h3-7,10,12,14,16H,8-9,11H2,1-2H3. The lowest BCUT2D eigenvalue weighted by Crippen LogP contribution is -2.24. The molecule has 0 aliphatic rings. The number of hydrogen-bond donors (Lipinski definition) is 1. The van der Waals surface area contributed by atoms with Gasteiger partial charge in [0.1, 0.15) is 0 Å². The van der Waals surface area contributed by atoms with Crippen LogP contribution in [0.2, 0.25) is 0 Å². The molecule has 1 aromatic heterocycles. The molecule has 1 atom stereocenters. The molecule has 2 rings (SSSR count). The molecule has 0 amide bonds. The summed E-state index contributed by atoms with van der Waals surface area (Å²) in [4.78, 5) is 0. The second kappa shape index (κ2) is 6.36. The largest absolute Gasteiger partial charge is 0.314 e. The fourth-order valence-electron chi connectivity index (χ4n) is 2.00. The first-order chi connectivity index (χ1) is 8.75. The Morgan fingerprint density at radius 2 is 2.06 bits per heavy atom. The summed E-state index contributed by atoms with van der Waals surface area (Å²) in [6, 6.07) is 10.6. The summed E-state index contributed by atoms with van der Waals surface area (Å²) in [5, 5.41) is 7.75. The number of aromatic nitrogens is 2. The second-order valence-corrected chi connectivity index (χ2v) is 4.80. The first-order valence-corrected chi connectivity index (χ1v) is 6.50. The summed E-state index contributed by atoms with van der Waals surface area (Å²) in [7, 11) is 0. The molecule has 0 radical (unpaired) electrons. The Labute approximate surface area is 109 Å². The predicted octanol–water partition coefficient (Wildman–Crippen LogP) is 2.58. The SMILES string of the molecule is Cc1cnn(CCNCC(C)c2ccccc2)c1. The van der Waals surface area contributed by atoms with Crippen LogP contribution in [0.25, 0.3) is 0 Å². The molecule has 1 unspecified atom stereocenters. The zero-order valence-electron chi connectivity index (χ0n) is 11.1. The Kier molecular flexibility index (Phi) is 4.53. The molecule has 1 aromatic carbocycles. The van der Waals surface area contributed by atoms with Crippen LogP contribution >= 0.6 is 0 Å². The van der Waals surface area contributed by atoms with E-state index in [1.807, 2.05) is 10.9 Å². The fraction of sp³-hybridized carbons (Fsp3) is 0.400. The molecule has 0 spiro atoms. The van der Waals surface area contributed by atoms with Gasteiger partial charge in [-0.3, -0.25) is 4.68 Å². The van der Waals surface area contributed by atoms with Gasteiger partial charge >= 0.3 is 0 Å². The van der Waals surface area contributed by atoms with Gasteiger partial charge < -0.3 is 5.32 Å². The Morgan fingerprint density at radius 3 is 2.72 bits per heavy atom. The van der Waals surface area contributed by atoms with Crippen LogP contribution in [0.1, 0.15) is 24.0 Å². The highest BCUT2D eigenvalue weighted by atomic mass is 15.3. The predicted molar refractivity (Wildman–Crippen MR) is 74.7 cm³/mol. The van der Waals surface area contributed by atoms with E-state index in [9.17, 15) is 0 Å². The van der Waals surface area contributed by atoms with Crippen LogP contribution < -0.4 is 5.32 Å². The third kappa shape index (κ3) is 3.70. The highest BCUT2D eigenvalue weighted by molar-refractivity contribution is 5.18. The molecular formula is C15H21N3. The van der Waals surface area contributed by atoms with Gasteiger partial charge in [-0.2, -0.15) is 5.10 Å². The maximum absolute atomic E-state index is 4.27. The average Bonchev–Trinajstić information content (AvgIpc) is 2.81. The number of nitrogens with one attached hydrogen (secondary N) is 1. The van der Waals surface area contributed by atoms with E-state index in [1.165, 1.54) is 11.1 Å². The number of hydrogen-bond acceptors (Lipinski definition) is 2. The quantitative estimate of drug-likeness (QED) is 0.790. The molecule has 1 heterocycles. The molecule has 1 N–H and O–H groups in total. The Morgan fingerprint density at radius 1 is 1.28 bits per heavy atom. The van der Waals surface area contributed by atoms with Gasteiger partial charge in [0.25, 0.3) is 0 Å². The topological polar surface area (TPSA) is 29.9 Å². The van der Waals surface area contributed by atoms with E-state index < -0.39 is 0 Å². The lowest BCUT2D eigenvalue weighted by atomic mass is 10.0. The first kappa shape index (κ1) is 12.8. The Balaban J connectivity index is 1.69. The fourth-order valence-corrected chi connectivity index (χ4v) is 2.00. The summed E-state index contributed by atoms with van der Waals surface area (Å²) < 4.78 is 1.98. The van der Waals surface area contributed by atoms with Crippen LogP contribution in [-0.2, 0) is 6.54 Å². The van der Waals surface area contributed by atoms with Gasteiger partial charge in [0.15, 0.2) is 0 Å². The van der Waals surface area contributed by atoms with E-state index in [0.717, 1.165) is 19.6 Å². The van der Waals surface area contributed by atoms with Gasteiger partial charge in [-0.05, 0) is 24.0 Å². The van der Waals surface area contributed by atoms with Crippen molar-refractivity contribution in [2.75, 3.05) is 13.1 Å². The van der Waals surface area contributed by atoms with E-state index in [0.29, 0.717) is 5.92 Å². The molecule has 0 aliphatic carbocycles. The average molecular weight is 243 g/mol. The van der Waals surface area contributed by atoms with Crippen LogP contribution in [0, 0.1) is 6.92 Å². The Bertz CT molecular complexity index is 462. The van der Waals surface area contributed by atoms with Crippen LogP contribution in [-0.4, -0.2) is 22.9 Å². The highest BCUT2D eigenvalue weighted by Gasteiger charge is 2.03. The van der Waals surface area contributed by atoms with Crippen molar-refractivity contribution < 1.29 is 0 Å². The third-order valence-electron chi connectivity index (χ3n) is 3.10. The van der Waals surface area contributed by atoms with Gasteiger partial charge in [-0.25, -0.2) is 0 Å². The zero-order chi connectivity index (χ0) is 12.8. The number of benzene rings is 1. The highest BCUT2D eigenvalue weighted by Crippen LogP contribution is 2.12. The molecule has 0 saturated heterocycles. The molecular weight excluding hydrogens is 222 g/mol. The van der Waals surface area contributed by atoms with Gasteiger partial charge in [-0.1, -0.05) is 37.3 Å². The van der Waals surface area contributed by atoms with Crippen molar-refractivity contribution in [3.05, 3.63) is 53.9 Å². The molecule has 0 bridgehead atoms. The van der Waals surface area contributed by atoms with Crippen molar-refractivity contribution in [3.8, 4) is 0 Å². The van der Waals surface area contributed by atoms with Crippen LogP contribution in [0.15, 0.2) is 42.7 Å². The van der Waals surface area contributed by atoms with Crippen LogP contribution in [0.4, 0.5) is 0 Å². The van der Waals surface area contributed by atoms with Crippen molar-refractivity contribution in [2.45, 2.75) is 26.3 Å². The first-order valence-electron chi connectivity index (χ1n) is 6.50. The third-order valence-corrected chi connectivity index (χ3v) is 3.10. The summed E-state index contributed by atoms with van der Waals surface area (Å²) in [6.45, 7) is 7.20. The zero-order valence-corrected chi connectivity index (χ0v) is 11.1. The normalized spacial score (nSPS) is 12.6. The molecule has 18 heavy (non-hydrogen) atoms. The lowest BCUT2D eigenvalue weighted by Gasteiger charge is -2.12.